The summed E-state index contributed by atoms with van der Waals surface area (Å²) < 4.78 is 0.924. The van der Waals surface area contributed by atoms with Gasteiger partial charge in [0.05, 0.1) is 10.6 Å². The van der Waals surface area contributed by atoms with Gasteiger partial charge in [-0.25, -0.2) is 4.79 Å². The molecule has 0 aliphatic rings. The number of hydrogen-bond donors (Lipinski definition) is 1. The predicted molar refractivity (Wildman–Crippen MR) is 58.5 cm³/mol. The van der Waals surface area contributed by atoms with E-state index in [1.54, 1.807) is 12.1 Å². The van der Waals surface area contributed by atoms with Gasteiger partial charge in [0, 0.05) is 15.0 Å². The molecule has 0 bridgehead atoms. The van der Waals surface area contributed by atoms with Gasteiger partial charge in [-0.2, -0.15) is 0 Å². The van der Waals surface area contributed by atoms with Crippen molar-refractivity contribution >= 4 is 39.0 Å². The van der Waals surface area contributed by atoms with Crippen molar-refractivity contribution in [3.05, 3.63) is 33.7 Å². The Morgan fingerprint density at radius 2 is 2.21 bits per heavy atom. The van der Waals surface area contributed by atoms with E-state index >= 15 is 0 Å². The summed E-state index contributed by atoms with van der Waals surface area (Å²) in [5, 5.41) is 10.2. The maximum Gasteiger partial charge on any atom is 0.336 e. The highest BCUT2D eigenvalue weighted by atomic mass is 35.5. The van der Waals surface area contributed by atoms with Crippen LogP contribution in [0.15, 0.2) is 18.2 Å². The zero-order chi connectivity index (χ0) is 10.3. The van der Waals surface area contributed by atoms with Crippen molar-refractivity contribution in [1.29, 1.82) is 0 Å². The molecule has 2 aromatic rings. The second kappa shape index (κ2) is 3.26. The quantitative estimate of drug-likeness (QED) is 0.807. The van der Waals surface area contributed by atoms with Crippen molar-refractivity contribution in [3.8, 4) is 0 Å². The first-order valence-corrected chi connectivity index (χ1v) is 5.21. The lowest BCUT2D eigenvalue weighted by atomic mass is 10.1. The summed E-state index contributed by atoms with van der Waals surface area (Å²) in [6.07, 6.45) is 0. The Morgan fingerprint density at radius 1 is 1.50 bits per heavy atom. The number of aryl methyl sites for hydroxylation is 1. The first-order chi connectivity index (χ1) is 6.61. The van der Waals surface area contributed by atoms with Gasteiger partial charge in [-0.05, 0) is 19.1 Å². The molecule has 0 aliphatic heterocycles. The lowest BCUT2D eigenvalue weighted by Gasteiger charge is -1.96. The van der Waals surface area contributed by atoms with Gasteiger partial charge in [0.1, 0.15) is 0 Å². The third-order valence-electron chi connectivity index (χ3n) is 2.05. The Labute approximate surface area is 89.7 Å². The highest BCUT2D eigenvalue weighted by molar-refractivity contribution is 7.19. The van der Waals surface area contributed by atoms with Crippen LogP contribution in [-0.2, 0) is 0 Å². The van der Waals surface area contributed by atoms with Crippen LogP contribution in [0.5, 0.6) is 0 Å². The molecular formula is C10H7ClO2S. The van der Waals surface area contributed by atoms with Gasteiger partial charge in [0.25, 0.3) is 0 Å². The molecule has 0 fully saturated rings. The number of thiophene rings is 1. The van der Waals surface area contributed by atoms with Crippen LogP contribution in [0.3, 0.4) is 0 Å². The van der Waals surface area contributed by atoms with Crippen molar-refractivity contribution in [1.82, 2.24) is 0 Å². The average Bonchev–Trinajstić information content (AvgIpc) is 2.43. The van der Waals surface area contributed by atoms with E-state index in [-0.39, 0.29) is 5.56 Å². The van der Waals surface area contributed by atoms with E-state index < -0.39 is 5.97 Å². The smallest absolute Gasteiger partial charge is 0.336 e. The molecule has 72 valence electrons. The van der Waals surface area contributed by atoms with Crippen LogP contribution in [0.1, 0.15) is 15.2 Å². The minimum absolute atomic E-state index is 0.275. The van der Waals surface area contributed by atoms with Crippen LogP contribution >= 0.6 is 22.9 Å². The van der Waals surface area contributed by atoms with Crippen molar-refractivity contribution in [2.24, 2.45) is 0 Å². The summed E-state index contributed by atoms with van der Waals surface area (Å²) in [7, 11) is 0. The molecule has 0 saturated carbocycles. The highest BCUT2D eigenvalue weighted by Gasteiger charge is 2.14. The lowest BCUT2D eigenvalue weighted by Crippen LogP contribution is -1.95. The number of carboxylic acid groups (broad SMARTS) is 1. The fraction of sp³-hybridized carbons (Fsp3) is 0.100. The molecule has 0 amide bonds. The lowest BCUT2D eigenvalue weighted by molar-refractivity contribution is 0.0699. The fourth-order valence-electron chi connectivity index (χ4n) is 1.41. The SMILES string of the molecule is Cc1sc2cccc(C(=O)O)c2c1Cl. The fourth-order valence-corrected chi connectivity index (χ4v) is 2.76. The second-order valence-electron chi connectivity index (χ2n) is 2.96. The Kier molecular flexibility index (Phi) is 2.21. The molecule has 0 saturated heterocycles. The maximum absolute atomic E-state index is 10.9. The van der Waals surface area contributed by atoms with Crippen LogP contribution < -0.4 is 0 Å². The van der Waals surface area contributed by atoms with Crippen LogP contribution in [0.2, 0.25) is 5.02 Å². The number of carboxylic acids is 1. The Bertz CT molecular complexity index is 516. The Hall–Kier alpha value is -1.06. The summed E-state index contributed by atoms with van der Waals surface area (Å²) in [6.45, 7) is 1.89. The number of carbonyl (C=O) groups is 1. The molecule has 1 heterocycles. The van der Waals surface area contributed by atoms with Crippen LogP contribution in [0.25, 0.3) is 10.1 Å². The van der Waals surface area contributed by atoms with Gasteiger partial charge in [-0.3, -0.25) is 0 Å². The van der Waals surface area contributed by atoms with E-state index in [2.05, 4.69) is 0 Å². The van der Waals surface area contributed by atoms with Crippen molar-refractivity contribution in [3.63, 3.8) is 0 Å². The predicted octanol–water partition coefficient (Wildman–Crippen LogP) is 3.56. The molecule has 14 heavy (non-hydrogen) atoms. The summed E-state index contributed by atoms with van der Waals surface area (Å²) in [6, 6.07) is 5.19. The van der Waals surface area contributed by atoms with Gasteiger partial charge >= 0.3 is 5.97 Å². The van der Waals surface area contributed by atoms with Crippen LogP contribution in [0, 0.1) is 6.92 Å². The first kappa shape index (κ1) is 9.49. The molecule has 0 unspecified atom stereocenters. The summed E-state index contributed by atoms with van der Waals surface area (Å²) >= 11 is 7.55. The average molecular weight is 227 g/mol. The zero-order valence-corrected chi connectivity index (χ0v) is 8.95. The Balaban J connectivity index is 2.91. The van der Waals surface area contributed by atoms with E-state index in [1.165, 1.54) is 11.3 Å². The number of halogens is 1. The van der Waals surface area contributed by atoms with Gasteiger partial charge in [-0.1, -0.05) is 17.7 Å². The molecule has 2 rings (SSSR count). The van der Waals surface area contributed by atoms with Gasteiger partial charge in [0.15, 0.2) is 0 Å². The molecule has 0 atom stereocenters. The molecule has 1 aromatic heterocycles. The van der Waals surface area contributed by atoms with E-state index in [0.29, 0.717) is 10.4 Å². The van der Waals surface area contributed by atoms with Crippen LogP contribution in [-0.4, -0.2) is 11.1 Å². The normalized spacial score (nSPS) is 10.7. The summed E-state index contributed by atoms with van der Waals surface area (Å²) in [5.74, 6) is -0.935. The highest BCUT2D eigenvalue weighted by Crippen LogP contribution is 2.36. The van der Waals surface area contributed by atoms with Gasteiger partial charge < -0.3 is 5.11 Å². The van der Waals surface area contributed by atoms with Gasteiger partial charge in [-0.15, -0.1) is 11.3 Å². The molecule has 2 nitrogen and oxygen atoms in total. The second-order valence-corrected chi connectivity index (χ2v) is 4.59. The minimum atomic E-state index is -0.935. The third-order valence-corrected chi connectivity index (χ3v) is 3.70. The number of fused-ring (bicyclic) bond motifs is 1. The number of rotatable bonds is 1. The third kappa shape index (κ3) is 1.29. The monoisotopic (exact) mass is 226 g/mol. The molecule has 1 N–H and O–H groups in total. The van der Waals surface area contributed by atoms with Crippen molar-refractivity contribution < 1.29 is 9.90 Å². The summed E-state index contributed by atoms with van der Waals surface area (Å²) in [4.78, 5) is 11.9. The number of hydrogen-bond acceptors (Lipinski definition) is 2. The van der Waals surface area contributed by atoms with Crippen molar-refractivity contribution in [2.45, 2.75) is 6.92 Å². The topological polar surface area (TPSA) is 37.3 Å². The molecule has 1 aromatic carbocycles. The Morgan fingerprint density at radius 3 is 2.86 bits per heavy atom. The maximum atomic E-state index is 10.9. The van der Waals surface area contributed by atoms with E-state index in [0.717, 1.165) is 9.58 Å². The molecule has 0 radical (unpaired) electrons. The zero-order valence-electron chi connectivity index (χ0n) is 7.37. The number of aromatic carboxylic acids is 1. The molecule has 0 spiro atoms. The van der Waals surface area contributed by atoms with E-state index in [4.69, 9.17) is 16.7 Å². The standard InChI is InChI=1S/C10H7ClO2S/c1-5-9(11)8-6(10(12)13)3-2-4-7(8)14-5/h2-4H,1H3,(H,12,13). The first-order valence-electron chi connectivity index (χ1n) is 4.02. The van der Waals surface area contributed by atoms with E-state index in [1.807, 2.05) is 13.0 Å². The molecule has 4 heteroatoms. The van der Waals surface area contributed by atoms with E-state index in [9.17, 15) is 4.79 Å². The minimum Gasteiger partial charge on any atom is -0.478 e. The molecular weight excluding hydrogens is 220 g/mol. The summed E-state index contributed by atoms with van der Waals surface area (Å²) in [5.41, 5.74) is 0.275. The largest absolute Gasteiger partial charge is 0.478 e. The van der Waals surface area contributed by atoms with Crippen molar-refractivity contribution in [2.75, 3.05) is 0 Å². The number of benzene rings is 1. The van der Waals surface area contributed by atoms with Gasteiger partial charge in [0.2, 0.25) is 0 Å². The van der Waals surface area contributed by atoms with Crippen LogP contribution in [0.4, 0.5) is 0 Å². The molecule has 0 aliphatic carbocycles.